The van der Waals surface area contributed by atoms with E-state index in [0.29, 0.717) is 17.0 Å². The van der Waals surface area contributed by atoms with Crippen molar-refractivity contribution in [3.8, 4) is 5.75 Å². The van der Waals surface area contributed by atoms with Crippen molar-refractivity contribution in [2.24, 2.45) is 0 Å². The van der Waals surface area contributed by atoms with Crippen molar-refractivity contribution in [2.45, 2.75) is 6.10 Å². The number of benzene rings is 2. The van der Waals surface area contributed by atoms with Gasteiger partial charge in [-0.25, -0.2) is 0 Å². The molecule has 1 atom stereocenters. The van der Waals surface area contributed by atoms with Gasteiger partial charge in [-0.05, 0) is 29.8 Å². The fourth-order valence-electron chi connectivity index (χ4n) is 1.98. The molecule has 0 bridgehead atoms. The SMILES string of the molecule is COc1cccc(C(O)CNc2cc(Br)ccc2[N+](=O)[O-])c1. The van der Waals surface area contributed by atoms with E-state index < -0.39 is 11.0 Å². The van der Waals surface area contributed by atoms with Gasteiger partial charge in [0.1, 0.15) is 11.4 Å². The number of ether oxygens (including phenoxy) is 1. The third kappa shape index (κ3) is 3.96. The van der Waals surface area contributed by atoms with Gasteiger partial charge < -0.3 is 15.2 Å². The first-order valence-corrected chi connectivity index (χ1v) is 7.30. The monoisotopic (exact) mass is 366 g/mol. The van der Waals surface area contributed by atoms with Crippen LogP contribution in [0.1, 0.15) is 11.7 Å². The van der Waals surface area contributed by atoms with Gasteiger partial charge in [-0.2, -0.15) is 0 Å². The van der Waals surface area contributed by atoms with Gasteiger partial charge >= 0.3 is 0 Å². The summed E-state index contributed by atoms with van der Waals surface area (Å²) in [5.74, 6) is 0.644. The Morgan fingerprint density at radius 1 is 1.36 bits per heavy atom. The minimum atomic E-state index is -0.811. The number of rotatable bonds is 6. The molecule has 0 aliphatic carbocycles. The molecule has 1 unspecified atom stereocenters. The van der Waals surface area contributed by atoms with Crippen LogP contribution in [0.3, 0.4) is 0 Å². The normalized spacial score (nSPS) is 11.8. The summed E-state index contributed by atoms with van der Waals surface area (Å²) in [7, 11) is 1.55. The maximum absolute atomic E-state index is 11.0. The Hall–Kier alpha value is -2.12. The number of methoxy groups -OCH3 is 1. The van der Waals surface area contributed by atoms with Gasteiger partial charge in [-0.1, -0.05) is 28.1 Å². The van der Waals surface area contributed by atoms with Gasteiger partial charge in [-0.15, -0.1) is 0 Å². The summed E-state index contributed by atoms with van der Waals surface area (Å²) in [5.41, 5.74) is 0.979. The maximum atomic E-state index is 11.0. The Morgan fingerprint density at radius 3 is 2.82 bits per heavy atom. The van der Waals surface area contributed by atoms with Crippen LogP contribution in [0, 0.1) is 10.1 Å². The number of nitrogens with one attached hydrogen (secondary N) is 1. The molecule has 2 aromatic carbocycles. The van der Waals surface area contributed by atoms with E-state index >= 15 is 0 Å². The minimum Gasteiger partial charge on any atom is -0.497 e. The zero-order valence-electron chi connectivity index (χ0n) is 11.8. The van der Waals surface area contributed by atoms with Crippen LogP contribution in [0.15, 0.2) is 46.9 Å². The van der Waals surface area contributed by atoms with Crippen molar-refractivity contribution < 1.29 is 14.8 Å². The van der Waals surface area contributed by atoms with E-state index in [4.69, 9.17) is 4.74 Å². The number of anilines is 1. The van der Waals surface area contributed by atoms with Crippen molar-refractivity contribution in [2.75, 3.05) is 19.0 Å². The van der Waals surface area contributed by atoms with Crippen LogP contribution in [0.4, 0.5) is 11.4 Å². The Balaban J connectivity index is 2.12. The van der Waals surface area contributed by atoms with Crippen LogP contribution in [-0.2, 0) is 0 Å². The van der Waals surface area contributed by atoms with Crippen LogP contribution in [0.5, 0.6) is 5.75 Å². The van der Waals surface area contributed by atoms with Crippen LogP contribution in [0.2, 0.25) is 0 Å². The minimum absolute atomic E-state index is 0.0407. The Labute approximate surface area is 136 Å². The third-order valence-electron chi connectivity index (χ3n) is 3.12. The quantitative estimate of drug-likeness (QED) is 0.603. The third-order valence-corrected chi connectivity index (χ3v) is 3.61. The van der Waals surface area contributed by atoms with Gasteiger partial charge in [0, 0.05) is 17.1 Å². The number of nitro groups is 1. The molecule has 0 amide bonds. The zero-order valence-corrected chi connectivity index (χ0v) is 13.4. The molecular formula is C15H15BrN2O4. The lowest BCUT2D eigenvalue weighted by Crippen LogP contribution is -2.13. The fraction of sp³-hybridized carbons (Fsp3) is 0.200. The molecular weight excluding hydrogens is 352 g/mol. The van der Waals surface area contributed by atoms with E-state index in [0.717, 1.165) is 4.47 Å². The van der Waals surface area contributed by atoms with E-state index in [9.17, 15) is 15.2 Å². The zero-order chi connectivity index (χ0) is 16.1. The summed E-state index contributed by atoms with van der Waals surface area (Å²) >= 11 is 3.27. The average Bonchev–Trinajstić information content (AvgIpc) is 2.52. The topological polar surface area (TPSA) is 84.6 Å². The molecule has 22 heavy (non-hydrogen) atoms. The number of hydrogen-bond donors (Lipinski definition) is 2. The first-order chi connectivity index (χ1) is 10.5. The molecule has 0 spiro atoms. The lowest BCUT2D eigenvalue weighted by Gasteiger charge is -2.14. The molecule has 0 saturated heterocycles. The predicted molar refractivity (Wildman–Crippen MR) is 87.2 cm³/mol. The standard InChI is InChI=1S/C15H15BrN2O4/c1-22-12-4-2-3-10(7-12)15(19)9-17-13-8-11(16)5-6-14(13)18(20)21/h2-8,15,17,19H,9H2,1H3. The first kappa shape index (κ1) is 16.3. The smallest absolute Gasteiger partial charge is 0.292 e. The van der Waals surface area contributed by atoms with Crippen molar-refractivity contribution >= 4 is 27.3 Å². The number of nitro benzene ring substituents is 1. The average molecular weight is 367 g/mol. The lowest BCUT2D eigenvalue weighted by molar-refractivity contribution is -0.384. The highest BCUT2D eigenvalue weighted by Crippen LogP contribution is 2.28. The molecule has 7 heteroatoms. The summed E-state index contributed by atoms with van der Waals surface area (Å²) < 4.78 is 5.83. The van der Waals surface area contributed by atoms with Crippen LogP contribution in [0.25, 0.3) is 0 Å². The van der Waals surface area contributed by atoms with E-state index in [-0.39, 0.29) is 12.2 Å². The van der Waals surface area contributed by atoms with Crippen LogP contribution in [-0.4, -0.2) is 23.7 Å². The van der Waals surface area contributed by atoms with E-state index in [1.54, 1.807) is 43.5 Å². The molecule has 0 aliphatic heterocycles. The number of nitrogens with zero attached hydrogens (tertiary/aromatic N) is 1. The molecule has 6 nitrogen and oxygen atoms in total. The fourth-order valence-corrected chi connectivity index (χ4v) is 2.34. The van der Waals surface area contributed by atoms with Gasteiger partial charge in [-0.3, -0.25) is 10.1 Å². The summed E-state index contributed by atoms with van der Waals surface area (Å²) in [6.07, 6.45) is -0.811. The number of aliphatic hydroxyl groups is 1. The highest BCUT2D eigenvalue weighted by molar-refractivity contribution is 9.10. The van der Waals surface area contributed by atoms with Crippen LogP contribution < -0.4 is 10.1 Å². The van der Waals surface area contributed by atoms with Gasteiger partial charge in [0.15, 0.2) is 0 Å². The molecule has 0 fully saturated rings. The second kappa shape index (κ2) is 7.24. The second-order valence-corrected chi connectivity index (χ2v) is 5.51. The highest BCUT2D eigenvalue weighted by atomic mass is 79.9. The molecule has 2 N–H and O–H groups in total. The number of aliphatic hydroxyl groups excluding tert-OH is 1. The number of halogens is 1. The molecule has 0 heterocycles. The number of hydrogen-bond acceptors (Lipinski definition) is 5. The molecule has 0 aromatic heterocycles. The van der Waals surface area contributed by atoms with Crippen molar-refractivity contribution in [1.82, 2.24) is 0 Å². The second-order valence-electron chi connectivity index (χ2n) is 4.59. The summed E-state index contributed by atoms with van der Waals surface area (Å²) in [4.78, 5) is 10.5. The predicted octanol–water partition coefficient (Wildman–Crippen LogP) is 3.51. The first-order valence-electron chi connectivity index (χ1n) is 6.51. The molecule has 0 aliphatic rings. The Bertz CT molecular complexity index is 678. The Kier molecular flexibility index (Phi) is 5.35. The van der Waals surface area contributed by atoms with Gasteiger partial charge in [0.25, 0.3) is 5.69 Å². The molecule has 2 aromatic rings. The lowest BCUT2D eigenvalue weighted by atomic mass is 10.1. The van der Waals surface area contributed by atoms with Crippen molar-refractivity contribution in [3.05, 3.63) is 62.6 Å². The van der Waals surface area contributed by atoms with Crippen LogP contribution >= 0.6 is 15.9 Å². The Morgan fingerprint density at radius 2 is 2.14 bits per heavy atom. The summed E-state index contributed by atoms with van der Waals surface area (Å²) in [5, 5.41) is 24.1. The van der Waals surface area contributed by atoms with Gasteiger partial charge in [0.05, 0.1) is 18.1 Å². The van der Waals surface area contributed by atoms with E-state index in [1.165, 1.54) is 6.07 Å². The van der Waals surface area contributed by atoms with Crippen molar-refractivity contribution in [1.29, 1.82) is 0 Å². The molecule has 0 radical (unpaired) electrons. The van der Waals surface area contributed by atoms with E-state index in [1.807, 2.05) is 0 Å². The maximum Gasteiger partial charge on any atom is 0.292 e. The largest absolute Gasteiger partial charge is 0.497 e. The molecule has 0 saturated carbocycles. The van der Waals surface area contributed by atoms with Crippen molar-refractivity contribution in [3.63, 3.8) is 0 Å². The molecule has 2 rings (SSSR count). The van der Waals surface area contributed by atoms with E-state index in [2.05, 4.69) is 21.2 Å². The highest BCUT2D eigenvalue weighted by Gasteiger charge is 2.15. The summed E-state index contributed by atoms with van der Waals surface area (Å²) in [6.45, 7) is 0.143. The summed E-state index contributed by atoms with van der Waals surface area (Å²) in [6, 6.07) is 11.7. The molecule has 116 valence electrons. The van der Waals surface area contributed by atoms with Gasteiger partial charge in [0.2, 0.25) is 0 Å².